The van der Waals surface area contributed by atoms with Crippen LogP contribution in [0.1, 0.15) is 15.9 Å². The van der Waals surface area contributed by atoms with Crippen molar-refractivity contribution in [3.05, 3.63) is 68.5 Å². The Morgan fingerprint density at radius 2 is 1.81 bits per heavy atom. The van der Waals surface area contributed by atoms with E-state index in [1.165, 1.54) is 6.07 Å². The molecule has 0 saturated heterocycles. The number of carbonyl (C=O) groups is 2. The molecule has 0 saturated carbocycles. The molecule has 2 aromatic rings. The number of para-hydroxylation sites is 1. The van der Waals surface area contributed by atoms with E-state index in [-0.39, 0.29) is 5.56 Å². The SMILES string of the molecule is CN(C1=NC(=O)/C(=C/c2c(Cl)cccc2Cl)S1)c1ccccc1C(=O)O. The van der Waals surface area contributed by atoms with E-state index in [9.17, 15) is 14.7 Å². The van der Waals surface area contributed by atoms with Crippen LogP contribution in [0.2, 0.25) is 10.0 Å². The number of carboxylic acid groups (broad SMARTS) is 1. The standard InChI is InChI=1S/C18H12Cl2N2O3S/c1-22(14-8-3-2-5-10(14)17(24)25)18-21-16(23)15(26-18)9-11-12(19)6-4-7-13(11)20/h2-9H,1H3,(H,24,25)/b15-9-. The van der Waals surface area contributed by atoms with Crippen molar-refractivity contribution in [2.45, 2.75) is 0 Å². The van der Waals surface area contributed by atoms with E-state index < -0.39 is 11.9 Å². The quantitative estimate of drug-likeness (QED) is 0.741. The number of anilines is 1. The van der Waals surface area contributed by atoms with E-state index in [1.807, 2.05) is 0 Å². The van der Waals surface area contributed by atoms with E-state index >= 15 is 0 Å². The van der Waals surface area contributed by atoms with Crippen molar-refractivity contribution in [1.82, 2.24) is 0 Å². The third-order valence-corrected chi connectivity index (χ3v) is 5.39. The number of nitrogens with zero attached hydrogens (tertiary/aromatic N) is 2. The third-order valence-electron chi connectivity index (χ3n) is 3.67. The number of aromatic carboxylic acids is 1. The van der Waals surface area contributed by atoms with Gasteiger partial charge in [0.15, 0.2) is 5.17 Å². The van der Waals surface area contributed by atoms with Crippen LogP contribution in [-0.4, -0.2) is 29.2 Å². The van der Waals surface area contributed by atoms with Gasteiger partial charge in [-0.25, -0.2) is 4.79 Å². The molecule has 1 aliphatic rings. The molecule has 2 aromatic carbocycles. The number of amides is 1. The Hall–Kier alpha value is -2.28. The number of benzene rings is 2. The molecule has 0 spiro atoms. The average molecular weight is 407 g/mol. The number of hydrogen-bond acceptors (Lipinski definition) is 4. The van der Waals surface area contributed by atoms with Gasteiger partial charge in [-0.15, -0.1) is 0 Å². The highest BCUT2D eigenvalue weighted by Gasteiger charge is 2.27. The first-order valence-electron chi connectivity index (χ1n) is 7.41. The second-order valence-corrected chi connectivity index (χ2v) is 7.15. The Kier molecular flexibility index (Phi) is 5.36. The number of aliphatic imine (C=N–C) groups is 1. The Morgan fingerprint density at radius 3 is 2.46 bits per heavy atom. The van der Waals surface area contributed by atoms with Crippen molar-refractivity contribution in [3.8, 4) is 0 Å². The Labute approximate surface area is 163 Å². The van der Waals surface area contributed by atoms with Crippen LogP contribution in [0.3, 0.4) is 0 Å². The highest BCUT2D eigenvalue weighted by Crippen LogP contribution is 2.35. The normalized spacial score (nSPS) is 15.3. The number of rotatable bonds is 3. The molecule has 3 rings (SSSR count). The highest BCUT2D eigenvalue weighted by molar-refractivity contribution is 8.18. The lowest BCUT2D eigenvalue weighted by molar-refractivity contribution is -0.113. The maximum absolute atomic E-state index is 12.3. The van der Waals surface area contributed by atoms with Gasteiger partial charge in [-0.1, -0.05) is 41.4 Å². The number of carboxylic acids is 1. The zero-order valence-electron chi connectivity index (χ0n) is 13.4. The van der Waals surface area contributed by atoms with Gasteiger partial charge in [0.05, 0.1) is 16.2 Å². The maximum atomic E-state index is 12.3. The largest absolute Gasteiger partial charge is 0.478 e. The van der Waals surface area contributed by atoms with Crippen LogP contribution in [0.5, 0.6) is 0 Å². The second-order valence-electron chi connectivity index (χ2n) is 5.33. The molecule has 1 heterocycles. The molecule has 5 nitrogen and oxygen atoms in total. The Morgan fingerprint density at radius 1 is 1.15 bits per heavy atom. The van der Waals surface area contributed by atoms with Crippen molar-refractivity contribution < 1.29 is 14.7 Å². The number of carbonyl (C=O) groups excluding carboxylic acids is 1. The first-order valence-corrected chi connectivity index (χ1v) is 8.98. The fraction of sp³-hybridized carbons (Fsp3) is 0.0556. The molecule has 1 amide bonds. The predicted molar refractivity (Wildman–Crippen MR) is 106 cm³/mol. The predicted octanol–water partition coefficient (Wildman–Crippen LogP) is 4.80. The van der Waals surface area contributed by atoms with Crippen LogP contribution in [0.25, 0.3) is 6.08 Å². The van der Waals surface area contributed by atoms with E-state index in [0.717, 1.165) is 11.8 Å². The molecule has 0 aromatic heterocycles. The zero-order chi connectivity index (χ0) is 18.8. The van der Waals surface area contributed by atoms with E-state index in [1.54, 1.807) is 54.4 Å². The molecular weight excluding hydrogens is 395 g/mol. The van der Waals surface area contributed by atoms with Crippen LogP contribution >= 0.6 is 35.0 Å². The number of hydrogen-bond donors (Lipinski definition) is 1. The summed E-state index contributed by atoms with van der Waals surface area (Å²) in [6.07, 6.45) is 1.59. The first kappa shape index (κ1) is 18.5. The number of amidine groups is 1. The van der Waals surface area contributed by atoms with Gasteiger partial charge in [0.2, 0.25) is 0 Å². The summed E-state index contributed by atoms with van der Waals surface area (Å²) in [5.74, 6) is -1.48. The molecule has 132 valence electrons. The van der Waals surface area contributed by atoms with Gasteiger partial charge in [-0.2, -0.15) is 4.99 Å². The third kappa shape index (κ3) is 3.62. The molecular formula is C18H12Cl2N2O3S. The Bertz CT molecular complexity index is 952. The molecule has 0 bridgehead atoms. The highest BCUT2D eigenvalue weighted by atomic mass is 35.5. The molecule has 0 fully saturated rings. The van der Waals surface area contributed by atoms with Gasteiger partial charge in [0, 0.05) is 22.7 Å². The minimum Gasteiger partial charge on any atom is -0.478 e. The van der Waals surface area contributed by atoms with Crippen molar-refractivity contribution in [2.75, 3.05) is 11.9 Å². The lowest BCUT2D eigenvalue weighted by Crippen LogP contribution is -2.24. The minimum absolute atomic E-state index is 0.123. The molecule has 26 heavy (non-hydrogen) atoms. The van der Waals surface area contributed by atoms with Gasteiger partial charge in [-0.05, 0) is 42.1 Å². The molecule has 8 heteroatoms. The van der Waals surface area contributed by atoms with E-state index in [4.69, 9.17) is 23.2 Å². The van der Waals surface area contributed by atoms with Crippen molar-refractivity contribution in [2.24, 2.45) is 4.99 Å². The first-order chi connectivity index (χ1) is 12.4. The summed E-state index contributed by atoms with van der Waals surface area (Å²) in [4.78, 5) is 29.6. The fourth-order valence-corrected chi connectivity index (χ4v) is 3.75. The molecule has 1 N–H and O–H groups in total. The van der Waals surface area contributed by atoms with Crippen LogP contribution in [0, 0.1) is 0 Å². The molecule has 0 unspecified atom stereocenters. The van der Waals surface area contributed by atoms with Gasteiger partial charge in [0.25, 0.3) is 5.91 Å². The van der Waals surface area contributed by atoms with E-state index in [2.05, 4.69) is 4.99 Å². The molecule has 0 radical (unpaired) electrons. The lowest BCUT2D eigenvalue weighted by atomic mass is 10.1. The molecule has 0 aliphatic carbocycles. The van der Waals surface area contributed by atoms with Crippen molar-refractivity contribution in [3.63, 3.8) is 0 Å². The summed E-state index contributed by atoms with van der Waals surface area (Å²) < 4.78 is 0. The van der Waals surface area contributed by atoms with Gasteiger partial charge < -0.3 is 10.0 Å². The summed E-state index contributed by atoms with van der Waals surface area (Å²) in [5.41, 5.74) is 1.10. The van der Waals surface area contributed by atoms with Gasteiger partial charge in [0.1, 0.15) is 0 Å². The molecule has 1 aliphatic heterocycles. The minimum atomic E-state index is -1.05. The van der Waals surface area contributed by atoms with Crippen LogP contribution in [0.15, 0.2) is 52.4 Å². The smallest absolute Gasteiger partial charge is 0.337 e. The van der Waals surface area contributed by atoms with Crippen LogP contribution < -0.4 is 4.90 Å². The topological polar surface area (TPSA) is 70.0 Å². The summed E-state index contributed by atoms with van der Waals surface area (Å²) in [6, 6.07) is 11.6. The van der Waals surface area contributed by atoms with Crippen LogP contribution in [-0.2, 0) is 4.79 Å². The monoisotopic (exact) mass is 406 g/mol. The molecule has 0 atom stereocenters. The summed E-state index contributed by atoms with van der Waals surface area (Å²) in [7, 11) is 1.66. The number of thioether (sulfide) groups is 1. The van der Waals surface area contributed by atoms with E-state index in [0.29, 0.717) is 31.4 Å². The van der Waals surface area contributed by atoms with Crippen molar-refractivity contribution in [1.29, 1.82) is 0 Å². The van der Waals surface area contributed by atoms with Gasteiger partial charge >= 0.3 is 5.97 Å². The van der Waals surface area contributed by atoms with Gasteiger partial charge in [-0.3, -0.25) is 4.79 Å². The number of halogens is 2. The fourth-order valence-electron chi connectivity index (χ4n) is 2.37. The summed E-state index contributed by atoms with van der Waals surface area (Å²) in [5, 5.41) is 10.6. The maximum Gasteiger partial charge on any atom is 0.337 e. The zero-order valence-corrected chi connectivity index (χ0v) is 15.8. The Balaban J connectivity index is 1.91. The van der Waals surface area contributed by atoms with Crippen molar-refractivity contribution >= 4 is 63.8 Å². The average Bonchev–Trinajstić information content (AvgIpc) is 2.98. The summed E-state index contributed by atoms with van der Waals surface area (Å²) >= 11 is 13.4. The lowest BCUT2D eigenvalue weighted by Gasteiger charge is -2.19. The second kappa shape index (κ2) is 7.53. The summed E-state index contributed by atoms with van der Waals surface area (Å²) in [6.45, 7) is 0. The van der Waals surface area contributed by atoms with Crippen LogP contribution in [0.4, 0.5) is 5.69 Å².